The smallest absolute Gasteiger partial charge is 0.410 e. The van der Waals surface area contributed by atoms with E-state index in [1.54, 1.807) is 0 Å². The molecule has 0 bridgehead atoms. The van der Waals surface area contributed by atoms with Crippen LogP contribution in [0.3, 0.4) is 0 Å². The first kappa shape index (κ1) is 31.5. The molecule has 2 N–H and O–H groups in total. The molecule has 39 heavy (non-hydrogen) atoms. The van der Waals surface area contributed by atoms with Gasteiger partial charge in [-0.25, -0.2) is 4.79 Å². The van der Waals surface area contributed by atoms with Crippen LogP contribution in [0.4, 0.5) is 4.79 Å². The van der Waals surface area contributed by atoms with Crippen LogP contribution in [0.1, 0.15) is 79.1 Å². The van der Waals surface area contributed by atoms with Crippen molar-refractivity contribution in [3.05, 3.63) is 0 Å². The summed E-state index contributed by atoms with van der Waals surface area (Å²) in [6.07, 6.45) is 4.08. The zero-order chi connectivity index (χ0) is 28.9. The summed E-state index contributed by atoms with van der Waals surface area (Å²) in [4.78, 5) is 28.6. The molecule has 0 aromatic heterocycles. The van der Waals surface area contributed by atoms with Crippen LogP contribution in [0, 0.1) is 46.3 Å². The van der Waals surface area contributed by atoms with Gasteiger partial charge in [-0.05, 0) is 91.8 Å². The number of aliphatic hydroxyl groups excluding tert-OH is 2. The summed E-state index contributed by atoms with van der Waals surface area (Å²) in [7, 11) is 1.45. The average Bonchev–Trinajstić information content (AvgIpc) is 3.19. The molecule has 0 aromatic rings. The third kappa shape index (κ3) is 6.04. The van der Waals surface area contributed by atoms with Gasteiger partial charge in [-0.3, -0.25) is 4.79 Å². The molecule has 224 valence electrons. The molecule has 0 spiro atoms. The minimum Gasteiger partial charge on any atom is -0.469 e. The lowest BCUT2D eigenvalue weighted by Gasteiger charge is -2.64. The number of hydrogen-bond donors (Lipinski definition) is 2. The zero-order valence-electron chi connectivity index (χ0n) is 23.9. The van der Waals surface area contributed by atoms with Crippen molar-refractivity contribution in [1.82, 2.24) is 4.90 Å². The Kier molecular flexibility index (Phi) is 9.41. The Balaban J connectivity index is 1.78. The highest BCUT2D eigenvalue weighted by Crippen LogP contribution is 2.68. The number of methoxy groups -OCH3 is 1. The second-order valence-electron chi connectivity index (χ2n) is 13.6. The summed E-state index contributed by atoms with van der Waals surface area (Å²) in [5.41, 5.74) is -0.608. The highest BCUT2D eigenvalue weighted by molar-refractivity contribution is 6.67. The van der Waals surface area contributed by atoms with Gasteiger partial charge < -0.3 is 24.6 Å². The number of fused-ring (bicyclic) bond motifs is 5. The summed E-state index contributed by atoms with van der Waals surface area (Å²) in [6.45, 7) is 8.82. The Morgan fingerprint density at radius 2 is 1.72 bits per heavy atom. The molecule has 0 aromatic carbocycles. The van der Waals surface area contributed by atoms with Crippen LogP contribution in [-0.4, -0.2) is 69.5 Å². The normalized spacial score (nSPS) is 41.8. The summed E-state index contributed by atoms with van der Waals surface area (Å²) >= 11 is 17.8. The van der Waals surface area contributed by atoms with Gasteiger partial charge in [-0.2, -0.15) is 0 Å². The van der Waals surface area contributed by atoms with Gasteiger partial charge in [-0.15, -0.1) is 0 Å². The molecule has 4 rings (SSSR count). The number of alkyl halides is 3. The number of halogens is 3. The lowest BCUT2D eigenvalue weighted by molar-refractivity contribution is -0.185. The Morgan fingerprint density at radius 3 is 2.33 bits per heavy atom. The van der Waals surface area contributed by atoms with Crippen molar-refractivity contribution in [2.24, 2.45) is 46.3 Å². The van der Waals surface area contributed by atoms with Crippen molar-refractivity contribution in [3.8, 4) is 0 Å². The number of ether oxygens (including phenoxy) is 2. The number of carbonyl (C=O) groups excluding carboxylic acids is 2. The van der Waals surface area contributed by atoms with Crippen molar-refractivity contribution in [2.75, 3.05) is 20.3 Å². The summed E-state index contributed by atoms with van der Waals surface area (Å²) < 4.78 is 9.13. The molecule has 7 nitrogen and oxygen atoms in total. The van der Waals surface area contributed by atoms with Crippen molar-refractivity contribution >= 4 is 46.9 Å². The van der Waals surface area contributed by atoms with Crippen LogP contribution in [0.25, 0.3) is 0 Å². The van der Waals surface area contributed by atoms with E-state index in [2.05, 4.69) is 27.7 Å². The van der Waals surface area contributed by atoms with E-state index in [-0.39, 0.29) is 53.1 Å². The number of carbonyl (C=O) groups is 2. The van der Waals surface area contributed by atoms with E-state index in [4.69, 9.17) is 44.3 Å². The molecule has 4 fully saturated rings. The molecule has 0 radical (unpaired) electrons. The van der Waals surface area contributed by atoms with E-state index in [0.29, 0.717) is 37.6 Å². The van der Waals surface area contributed by atoms with Gasteiger partial charge in [0.25, 0.3) is 0 Å². The van der Waals surface area contributed by atoms with Crippen molar-refractivity contribution in [2.45, 2.75) is 101 Å². The predicted molar refractivity (Wildman–Crippen MR) is 152 cm³/mol. The van der Waals surface area contributed by atoms with Crippen LogP contribution in [0.2, 0.25) is 0 Å². The molecule has 0 heterocycles. The van der Waals surface area contributed by atoms with Gasteiger partial charge in [0.1, 0.15) is 6.61 Å². The van der Waals surface area contributed by atoms with Crippen molar-refractivity contribution < 1.29 is 29.3 Å². The maximum Gasteiger partial charge on any atom is 0.410 e. The molecule has 1 amide bonds. The highest BCUT2D eigenvalue weighted by Gasteiger charge is 2.66. The lowest BCUT2D eigenvalue weighted by Crippen LogP contribution is -2.65. The molecular weight excluding hydrogens is 565 g/mol. The Hall–Kier alpha value is -0.470. The highest BCUT2D eigenvalue weighted by atomic mass is 35.6. The predicted octanol–water partition coefficient (Wildman–Crippen LogP) is 5.98. The summed E-state index contributed by atoms with van der Waals surface area (Å²) in [5.74, 6) is 0.853. The standard InChI is InChI=1S/C29H46Cl3NO6/c1-16(2)10-11-33(26(37)39-15-29(30,31)32)21-13-28(4)19(8-9-20(28)25(36)38-5)18-7-6-17-12-22(34)23(35)14-27(17,3)24(18)21/h16-24,34-35H,6-15H2,1-5H3/t17-,18-,19-,20+,21+,22-,23-,24+,27-,28-/m0/s1. The topological polar surface area (TPSA) is 96.3 Å². The second kappa shape index (κ2) is 11.7. The number of nitrogens with zero attached hydrogens (tertiary/aromatic N) is 1. The monoisotopic (exact) mass is 609 g/mol. The maximum absolute atomic E-state index is 13.8. The van der Waals surface area contributed by atoms with E-state index in [9.17, 15) is 19.8 Å². The van der Waals surface area contributed by atoms with Crippen LogP contribution < -0.4 is 0 Å². The Bertz CT molecular complexity index is 914. The zero-order valence-corrected chi connectivity index (χ0v) is 26.1. The van der Waals surface area contributed by atoms with Gasteiger partial charge in [0.05, 0.1) is 25.2 Å². The number of rotatable bonds is 6. The van der Waals surface area contributed by atoms with Gasteiger partial charge >= 0.3 is 12.1 Å². The first-order valence-corrected chi connectivity index (χ1v) is 15.7. The average molecular weight is 611 g/mol. The van der Waals surface area contributed by atoms with Crippen molar-refractivity contribution in [1.29, 1.82) is 0 Å². The molecule has 4 aliphatic carbocycles. The number of hydrogen-bond acceptors (Lipinski definition) is 6. The maximum atomic E-state index is 13.8. The molecule has 0 saturated heterocycles. The molecule has 0 aliphatic heterocycles. The van der Waals surface area contributed by atoms with E-state index in [0.717, 1.165) is 32.1 Å². The van der Waals surface area contributed by atoms with E-state index >= 15 is 0 Å². The quantitative estimate of drug-likeness (QED) is 0.284. The van der Waals surface area contributed by atoms with E-state index in [1.165, 1.54) is 7.11 Å². The lowest BCUT2D eigenvalue weighted by atomic mass is 9.43. The Labute approximate surface area is 248 Å². The molecular formula is C29H46Cl3NO6. The van der Waals surface area contributed by atoms with Crippen LogP contribution in [0.5, 0.6) is 0 Å². The molecule has 10 atom stereocenters. The third-order valence-corrected chi connectivity index (χ3v) is 11.4. The summed E-state index contributed by atoms with van der Waals surface area (Å²) in [5, 5.41) is 21.5. The fourth-order valence-corrected chi connectivity index (χ4v) is 9.42. The third-order valence-electron chi connectivity index (χ3n) is 11.0. The van der Waals surface area contributed by atoms with Crippen LogP contribution in [0.15, 0.2) is 0 Å². The first-order valence-electron chi connectivity index (χ1n) is 14.6. The van der Waals surface area contributed by atoms with Crippen LogP contribution in [-0.2, 0) is 14.3 Å². The number of amides is 1. The van der Waals surface area contributed by atoms with Gasteiger partial charge in [0.15, 0.2) is 0 Å². The Morgan fingerprint density at radius 1 is 1.03 bits per heavy atom. The second-order valence-corrected chi connectivity index (χ2v) is 16.1. The number of esters is 1. The molecule has 0 unspecified atom stereocenters. The first-order chi connectivity index (χ1) is 18.1. The van der Waals surface area contributed by atoms with Crippen molar-refractivity contribution in [3.63, 3.8) is 0 Å². The molecule has 4 saturated carbocycles. The van der Waals surface area contributed by atoms with Crippen LogP contribution >= 0.6 is 34.8 Å². The SMILES string of the molecule is COC(=O)[C@H]1CC[C@H]2[C@@H]3CC[C@H]4C[C@H](O)[C@@H](O)C[C@]4(C)[C@H]3[C@H](N(CCC(C)C)C(=O)OCC(Cl)(Cl)Cl)C[C@]12C. The number of aliphatic hydroxyl groups is 2. The summed E-state index contributed by atoms with van der Waals surface area (Å²) in [6, 6.07) is -0.224. The fraction of sp³-hybridized carbons (Fsp3) is 0.931. The molecule has 4 aliphatic rings. The van der Waals surface area contributed by atoms with E-state index < -0.39 is 22.1 Å². The van der Waals surface area contributed by atoms with E-state index in [1.807, 2.05) is 4.90 Å². The largest absolute Gasteiger partial charge is 0.469 e. The van der Waals surface area contributed by atoms with Gasteiger partial charge in [-0.1, -0.05) is 62.5 Å². The minimum absolute atomic E-state index is 0.0837. The van der Waals surface area contributed by atoms with Gasteiger partial charge in [0.2, 0.25) is 3.79 Å². The van der Waals surface area contributed by atoms with Gasteiger partial charge in [0, 0.05) is 12.6 Å². The fourth-order valence-electron chi connectivity index (χ4n) is 9.25. The molecule has 10 heteroatoms. The minimum atomic E-state index is -1.72.